The average Bonchev–Trinajstić information content (AvgIpc) is 3.54. The lowest BCUT2D eigenvalue weighted by Gasteiger charge is -2.29. The molecular weight excluding hydrogens is 673 g/mol. The van der Waals surface area contributed by atoms with E-state index < -0.39 is 0 Å². The highest BCUT2D eigenvalue weighted by molar-refractivity contribution is 6.35. The number of hydrogen-bond donors (Lipinski definition) is 2. The van der Waals surface area contributed by atoms with Crippen LogP contribution in [0.15, 0.2) is 67.0 Å². The Kier molecular flexibility index (Phi) is 11.8. The molecule has 11 heteroatoms. The molecule has 0 saturated carbocycles. The summed E-state index contributed by atoms with van der Waals surface area (Å²) in [5, 5.41) is 16.5. The summed E-state index contributed by atoms with van der Waals surface area (Å²) in [4.78, 5) is 18.7. The molecule has 0 aliphatic carbocycles. The standard InChI is InChI=1S/C39H41Cl2N5O4/c1-25-29(7-3-8-31(25)32-9-4-10-35(38(32)41)48-22-26-6-5-13-46(2)21-26)24-50-37-16-36(49-23-28-14-27(17-42)18-43-19-28)30(15-33(37)40)20-45-34-11-12-44-39(34)47/h3-4,7-10,14-16,18-19,26,34,45H,5-6,11-13,20-24H2,1-2H3,(H,44,47)/t26?,34-/m0/s1. The molecule has 1 amide bonds. The summed E-state index contributed by atoms with van der Waals surface area (Å²) in [7, 11) is 2.16. The largest absolute Gasteiger partial charge is 0.492 e. The smallest absolute Gasteiger partial charge is 0.237 e. The van der Waals surface area contributed by atoms with Gasteiger partial charge in [-0.15, -0.1) is 0 Å². The van der Waals surface area contributed by atoms with E-state index in [4.69, 9.17) is 37.4 Å². The van der Waals surface area contributed by atoms with Gasteiger partial charge in [0.1, 0.15) is 36.5 Å². The van der Waals surface area contributed by atoms with Crippen molar-refractivity contribution in [1.82, 2.24) is 20.5 Å². The Hall–Kier alpha value is -4.33. The first-order chi connectivity index (χ1) is 24.3. The topological polar surface area (TPSA) is 109 Å². The van der Waals surface area contributed by atoms with Crippen LogP contribution in [0.1, 0.15) is 47.1 Å². The predicted octanol–water partition coefficient (Wildman–Crippen LogP) is 7.09. The van der Waals surface area contributed by atoms with Gasteiger partial charge in [-0.1, -0.05) is 53.5 Å². The lowest BCUT2D eigenvalue weighted by atomic mass is 9.96. The normalized spacial score (nSPS) is 17.6. The highest BCUT2D eigenvalue weighted by Gasteiger charge is 2.24. The van der Waals surface area contributed by atoms with Crippen LogP contribution in [0.25, 0.3) is 11.1 Å². The molecule has 3 heterocycles. The van der Waals surface area contributed by atoms with Gasteiger partial charge in [0.05, 0.1) is 28.3 Å². The Morgan fingerprint density at radius 2 is 1.80 bits per heavy atom. The van der Waals surface area contributed by atoms with Crippen LogP contribution in [0.5, 0.6) is 17.2 Å². The molecule has 2 saturated heterocycles. The van der Waals surface area contributed by atoms with Crippen LogP contribution < -0.4 is 24.8 Å². The number of amides is 1. The first-order valence-corrected chi connectivity index (χ1v) is 17.7. The zero-order valence-corrected chi connectivity index (χ0v) is 29.8. The minimum atomic E-state index is -0.288. The van der Waals surface area contributed by atoms with Gasteiger partial charge in [0.15, 0.2) is 0 Å². The number of aromatic nitrogens is 1. The molecule has 2 N–H and O–H groups in total. The molecule has 6 rings (SSSR count). The second kappa shape index (κ2) is 16.6. The van der Waals surface area contributed by atoms with Gasteiger partial charge in [-0.2, -0.15) is 5.26 Å². The molecule has 2 fully saturated rings. The molecule has 1 unspecified atom stereocenters. The zero-order valence-electron chi connectivity index (χ0n) is 28.3. The summed E-state index contributed by atoms with van der Waals surface area (Å²) in [5.74, 6) is 2.16. The van der Waals surface area contributed by atoms with Crippen molar-refractivity contribution >= 4 is 29.1 Å². The maximum absolute atomic E-state index is 12.2. The molecule has 9 nitrogen and oxygen atoms in total. The Bertz CT molecular complexity index is 1880. The minimum Gasteiger partial charge on any atom is -0.492 e. The Labute approximate surface area is 303 Å². The third kappa shape index (κ3) is 8.69. The van der Waals surface area contributed by atoms with Gasteiger partial charge in [0.2, 0.25) is 5.91 Å². The Morgan fingerprint density at radius 3 is 2.60 bits per heavy atom. The molecule has 0 radical (unpaired) electrons. The van der Waals surface area contributed by atoms with Crippen molar-refractivity contribution in [2.45, 2.75) is 52.0 Å². The van der Waals surface area contributed by atoms with E-state index in [-0.39, 0.29) is 25.2 Å². The van der Waals surface area contributed by atoms with Crippen molar-refractivity contribution in [2.75, 3.05) is 33.3 Å². The zero-order chi connectivity index (χ0) is 35.0. The molecule has 2 aliphatic heterocycles. The number of piperidine rings is 1. The highest BCUT2D eigenvalue weighted by Crippen LogP contribution is 2.39. The number of nitriles is 1. The van der Waals surface area contributed by atoms with Crippen molar-refractivity contribution < 1.29 is 19.0 Å². The van der Waals surface area contributed by atoms with Gasteiger partial charge in [-0.25, -0.2) is 0 Å². The van der Waals surface area contributed by atoms with Gasteiger partial charge in [0.25, 0.3) is 0 Å². The fourth-order valence-corrected chi connectivity index (χ4v) is 7.03. The number of nitrogens with zero attached hydrogens (tertiary/aromatic N) is 3. The molecule has 3 aromatic carbocycles. The van der Waals surface area contributed by atoms with Crippen LogP contribution >= 0.6 is 23.2 Å². The van der Waals surface area contributed by atoms with Gasteiger partial charge < -0.3 is 29.7 Å². The fraction of sp³-hybridized carbons (Fsp3) is 0.359. The van der Waals surface area contributed by atoms with Gasteiger partial charge in [0, 0.05) is 60.7 Å². The monoisotopic (exact) mass is 713 g/mol. The van der Waals surface area contributed by atoms with Crippen molar-refractivity contribution in [3.05, 3.63) is 105 Å². The molecule has 2 aliphatic rings. The van der Waals surface area contributed by atoms with Crippen LogP contribution in [-0.4, -0.2) is 55.1 Å². The third-order valence-corrected chi connectivity index (χ3v) is 9.99. The predicted molar refractivity (Wildman–Crippen MR) is 195 cm³/mol. The van der Waals surface area contributed by atoms with E-state index in [1.54, 1.807) is 24.4 Å². The van der Waals surface area contributed by atoms with Crippen LogP contribution in [0.4, 0.5) is 0 Å². The molecule has 0 spiro atoms. The maximum Gasteiger partial charge on any atom is 0.237 e. The summed E-state index contributed by atoms with van der Waals surface area (Å²) in [6.45, 7) is 6.31. The van der Waals surface area contributed by atoms with Crippen LogP contribution in [0, 0.1) is 24.2 Å². The Morgan fingerprint density at radius 1 is 0.980 bits per heavy atom. The summed E-state index contributed by atoms with van der Waals surface area (Å²) in [5.41, 5.74) is 5.89. The van der Waals surface area contributed by atoms with Crippen molar-refractivity contribution in [2.24, 2.45) is 5.92 Å². The molecule has 0 bridgehead atoms. The first-order valence-electron chi connectivity index (χ1n) is 16.9. The third-order valence-electron chi connectivity index (χ3n) is 9.30. The van der Waals surface area contributed by atoms with E-state index >= 15 is 0 Å². The number of benzene rings is 3. The highest BCUT2D eigenvalue weighted by atomic mass is 35.5. The van der Waals surface area contributed by atoms with E-state index in [0.717, 1.165) is 52.9 Å². The number of carbonyl (C=O) groups excluding carboxylic acids is 1. The van der Waals surface area contributed by atoms with Crippen LogP contribution in [0.3, 0.4) is 0 Å². The molecule has 260 valence electrons. The minimum absolute atomic E-state index is 0.0245. The number of hydrogen-bond acceptors (Lipinski definition) is 8. The van der Waals surface area contributed by atoms with E-state index in [9.17, 15) is 10.1 Å². The molecule has 4 aromatic rings. The van der Waals surface area contributed by atoms with Gasteiger partial charge in [-0.3, -0.25) is 9.78 Å². The fourth-order valence-electron chi connectivity index (χ4n) is 6.50. The number of halogens is 2. The van der Waals surface area contributed by atoms with E-state index in [0.29, 0.717) is 64.9 Å². The van der Waals surface area contributed by atoms with E-state index in [1.165, 1.54) is 12.6 Å². The lowest BCUT2D eigenvalue weighted by molar-refractivity contribution is -0.120. The summed E-state index contributed by atoms with van der Waals surface area (Å²) in [6.07, 6.45) is 6.21. The summed E-state index contributed by atoms with van der Waals surface area (Å²) < 4.78 is 18.8. The number of ether oxygens (including phenoxy) is 3. The second-order valence-electron chi connectivity index (χ2n) is 13.0. The molecular formula is C39H41Cl2N5O4. The molecule has 1 aromatic heterocycles. The Balaban J connectivity index is 1.19. The van der Waals surface area contributed by atoms with Crippen LogP contribution in [0.2, 0.25) is 10.0 Å². The number of carbonyl (C=O) groups is 1. The first kappa shape index (κ1) is 35.5. The lowest BCUT2D eigenvalue weighted by Crippen LogP contribution is -2.35. The maximum atomic E-state index is 12.2. The van der Waals surface area contributed by atoms with Gasteiger partial charge in [-0.05, 0) is 74.7 Å². The second-order valence-corrected chi connectivity index (χ2v) is 13.7. The molecule has 50 heavy (non-hydrogen) atoms. The van der Waals surface area contributed by atoms with Crippen molar-refractivity contribution in [3.8, 4) is 34.4 Å². The number of likely N-dealkylation sites (tertiary alicyclic amines) is 1. The number of rotatable bonds is 13. The summed E-state index contributed by atoms with van der Waals surface area (Å²) >= 11 is 13.7. The average molecular weight is 715 g/mol. The van der Waals surface area contributed by atoms with E-state index in [1.807, 2.05) is 30.3 Å². The SMILES string of the molecule is Cc1c(COc2cc(OCc3cncc(C#N)c3)c(CN[C@H]3CCNC3=O)cc2Cl)cccc1-c1cccc(OCC2CCCN(C)C2)c1Cl. The summed E-state index contributed by atoms with van der Waals surface area (Å²) in [6, 6.07) is 19.1. The van der Waals surface area contributed by atoms with Crippen molar-refractivity contribution in [1.29, 1.82) is 5.26 Å². The quantitative estimate of drug-likeness (QED) is 0.151. The van der Waals surface area contributed by atoms with Crippen molar-refractivity contribution in [3.63, 3.8) is 0 Å². The van der Waals surface area contributed by atoms with Crippen LogP contribution in [-0.2, 0) is 24.6 Å². The van der Waals surface area contributed by atoms with E-state index in [2.05, 4.69) is 46.6 Å². The number of nitrogens with one attached hydrogen (secondary N) is 2. The molecule has 2 atom stereocenters. The van der Waals surface area contributed by atoms with Gasteiger partial charge >= 0.3 is 0 Å². The number of pyridine rings is 1.